The predicted octanol–water partition coefficient (Wildman–Crippen LogP) is 8.61. The van der Waals surface area contributed by atoms with Crippen molar-refractivity contribution >= 4 is 10.9 Å². The Morgan fingerprint density at radius 1 is 0.441 bits per heavy atom. The van der Waals surface area contributed by atoms with Crippen LogP contribution in [0, 0.1) is 0 Å². The van der Waals surface area contributed by atoms with Gasteiger partial charge in [0.15, 0.2) is 14.7 Å². The van der Waals surface area contributed by atoms with Crippen LogP contribution in [0.4, 0.5) is 26.3 Å². The van der Waals surface area contributed by atoms with Gasteiger partial charge in [-0.15, -0.1) is 0 Å². The zero-order valence-electron chi connectivity index (χ0n) is 17.4. The fourth-order valence-electron chi connectivity index (χ4n) is 3.24. The minimum atomic E-state index is -4.48. The van der Waals surface area contributed by atoms with Crippen LogP contribution in [0.2, 0.25) is 0 Å². The first kappa shape index (κ1) is 23.8. The van der Waals surface area contributed by atoms with Crippen molar-refractivity contribution in [1.82, 2.24) is 0 Å². The first-order valence-corrected chi connectivity index (χ1v) is 11.3. The molecule has 0 unspecified atom stereocenters. The molecule has 174 valence electrons. The zero-order valence-corrected chi connectivity index (χ0v) is 18.2. The summed E-state index contributed by atoms with van der Waals surface area (Å²) >= 11 is 0. The minimum Gasteiger partial charge on any atom is -0.457 e. The van der Waals surface area contributed by atoms with E-state index in [9.17, 15) is 26.3 Å². The lowest BCUT2D eigenvalue weighted by atomic mass is 10.2. The Morgan fingerprint density at radius 3 is 1.18 bits per heavy atom. The van der Waals surface area contributed by atoms with Crippen molar-refractivity contribution in [1.29, 1.82) is 0 Å². The van der Waals surface area contributed by atoms with Gasteiger partial charge in [-0.1, -0.05) is 18.2 Å². The molecule has 0 saturated heterocycles. The van der Waals surface area contributed by atoms with Crippen molar-refractivity contribution in [3.63, 3.8) is 0 Å². The quantitative estimate of drug-likeness (QED) is 0.201. The summed E-state index contributed by atoms with van der Waals surface area (Å²) in [5, 5.41) is 0. The molecule has 0 atom stereocenters. The normalized spacial score (nSPS) is 12.1. The molecular formula is C26H17F6OS+. The van der Waals surface area contributed by atoms with Crippen LogP contribution in [-0.2, 0) is 23.2 Å². The number of rotatable bonds is 5. The van der Waals surface area contributed by atoms with Crippen LogP contribution in [0.5, 0.6) is 11.5 Å². The molecule has 0 aliphatic heterocycles. The number of halogens is 6. The van der Waals surface area contributed by atoms with E-state index in [2.05, 4.69) is 0 Å². The maximum atomic E-state index is 13.0. The van der Waals surface area contributed by atoms with Gasteiger partial charge < -0.3 is 4.74 Å². The van der Waals surface area contributed by atoms with Gasteiger partial charge in [-0.05, 0) is 84.9 Å². The maximum Gasteiger partial charge on any atom is 0.416 e. The van der Waals surface area contributed by atoms with Gasteiger partial charge in [0.05, 0.1) is 22.0 Å². The molecule has 0 amide bonds. The fraction of sp³-hybridized carbons (Fsp3) is 0.0769. The fourth-order valence-corrected chi connectivity index (χ4v) is 5.28. The van der Waals surface area contributed by atoms with E-state index in [0.717, 1.165) is 29.2 Å². The largest absolute Gasteiger partial charge is 0.457 e. The Labute approximate surface area is 195 Å². The summed E-state index contributed by atoms with van der Waals surface area (Å²) in [6.07, 6.45) is -8.97. The molecule has 4 rings (SSSR count). The van der Waals surface area contributed by atoms with Crippen LogP contribution < -0.4 is 4.74 Å². The number of para-hydroxylation sites is 1. The van der Waals surface area contributed by atoms with Crippen molar-refractivity contribution in [2.75, 3.05) is 0 Å². The number of ether oxygens (including phenoxy) is 1. The van der Waals surface area contributed by atoms with Gasteiger partial charge in [0.1, 0.15) is 11.5 Å². The van der Waals surface area contributed by atoms with Gasteiger partial charge in [0.2, 0.25) is 0 Å². The zero-order chi connectivity index (χ0) is 24.3. The Bertz CT molecular complexity index is 1160. The molecule has 0 fully saturated rings. The van der Waals surface area contributed by atoms with Crippen LogP contribution >= 0.6 is 0 Å². The van der Waals surface area contributed by atoms with Crippen LogP contribution in [0.3, 0.4) is 0 Å². The molecule has 0 N–H and O–H groups in total. The molecular weight excluding hydrogens is 474 g/mol. The van der Waals surface area contributed by atoms with Gasteiger partial charge in [-0.2, -0.15) is 26.3 Å². The van der Waals surface area contributed by atoms with Crippen molar-refractivity contribution in [3.8, 4) is 11.5 Å². The lowest BCUT2D eigenvalue weighted by Crippen LogP contribution is -2.09. The predicted molar refractivity (Wildman–Crippen MR) is 118 cm³/mol. The molecule has 1 nitrogen and oxygen atoms in total. The van der Waals surface area contributed by atoms with Gasteiger partial charge in [-0.3, -0.25) is 0 Å². The minimum absolute atomic E-state index is 0.546. The molecule has 0 aromatic heterocycles. The molecule has 8 heteroatoms. The second-order valence-corrected chi connectivity index (χ2v) is 9.26. The monoisotopic (exact) mass is 491 g/mol. The topological polar surface area (TPSA) is 9.23 Å². The standard InChI is InChI=1S/C26H17F6OS/c27-25(28,29)18-6-12-22(13-7-18)34(23-14-8-19(9-15-23)26(30,31)32)24-16-10-21(11-17-24)33-20-4-2-1-3-5-20/h1-17H/q+1. The molecule has 34 heavy (non-hydrogen) atoms. The molecule has 4 aromatic carbocycles. The molecule has 0 radical (unpaired) electrons. The van der Waals surface area contributed by atoms with Crippen LogP contribution in [-0.4, -0.2) is 0 Å². The lowest BCUT2D eigenvalue weighted by Gasteiger charge is -2.12. The van der Waals surface area contributed by atoms with Crippen molar-refractivity contribution in [2.24, 2.45) is 0 Å². The molecule has 0 saturated carbocycles. The number of hydrogen-bond acceptors (Lipinski definition) is 1. The summed E-state index contributed by atoms with van der Waals surface area (Å²) in [4.78, 5) is 1.81. The van der Waals surface area contributed by atoms with E-state index < -0.39 is 34.4 Å². The number of benzene rings is 4. The van der Waals surface area contributed by atoms with Crippen molar-refractivity contribution in [2.45, 2.75) is 27.0 Å². The van der Waals surface area contributed by atoms with Gasteiger partial charge in [0.25, 0.3) is 0 Å². The van der Waals surface area contributed by atoms with Crippen LogP contribution in [0.25, 0.3) is 0 Å². The number of alkyl halides is 6. The summed E-state index contributed by atoms with van der Waals surface area (Å²) in [5.41, 5.74) is -1.59. The third kappa shape index (κ3) is 5.56. The van der Waals surface area contributed by atoms with Crippen molar-refractivity contribution < 1.29 is 31.1 Å². The van der Waals surface area contributed by atoms with E-state index in [1.54, 1.807) is 36.4 Å². The highest BCUT2D eigenvalue weighted by molar-refractivity contribution is 7.97. The third-order valence-corrected chi connectivity index (χ3v) is 7.10. The summed E-state index contributed by atoms with van der Waals surface area (Å²) in [6.45, 7) is 0. The average Bonchev–Trinajstić information content (AvgIpc) is 2.81. The van der Waals surface area contributed by atoms with Gasteiger partial charge in [0, 0.05) is 0 Å². The molecule has 0 aliphatic rings. The molecule has 0 spiro atoms. The Kier molecular flexibility index (Phi) is 6.61. The van der Waals surface area contributed by atoms with E-state index in [1.165, 1.54) is 24.3 Å². The van der Waals surface area contributed by atoms with Gasteiger partial charge in [-0.25, -0.2) is 0 Å². The highest BCUT2D eigenvalue weighted by atomic mass is 32.2. The third-order valence-electron chi connectivity index (χ3n) is 4.87. The summed E-state index contributed by atoms with van der Waals surface area (Å²) < 4.78 is 84.0. The van der Waals surface area contributed by atoms with E-state index in [0.29, 0.717) is 21.3 Å². The maximum absolute atomic E-state index is 13.0. The Hall–Kier alpha value is -3.39. The highest BCUT2D eigenvalue weighted by Gasteiger charge is 2.35. The van der Waals surface area contributed by atoms with E-state index in [1.807, 2.05) is 18.2 Å². The highest BCUT2D eigenvalue weighted by Crippen LogP contribution is 2.37. The summed E-state index contributed by atoms with van der Waals surface area (Å²) in [5.74, 6) is 1.19. The van der Waals surface area contributed by atoms with E-state index >= 15 is 0 Å². The molecule has 0 heterocycles. The summed E-state index contributed by atoms with van der Waals surface area (Å²) in [6, 6.07) is 25.4. The molecule has 0 aliphatic carbocycles. The SMILES string of the molecule is FC(F)(F)c1ccc([S+](c2ccc(Oc3ccccc3)cc2)c2ccc(C(F)(F)F)cc2)cc1. The first-order valence-electron chi connectivity index (χ1n) is 10.0. The van der Waals surface area contributed by atoms with E-state index in [-0.39, 0.29) is 0 Å². The average molecular weight is 491 g/mol. The smallest absolute Gasteiger partial charge is 0.416 e. The molecule has 0 bridgehead atoms. The number of hydrogen-bond donors (Lipinski definition) is 0. The van der Waals surface area contributed by atoms with Crippen molar-refractivity contribution in [3.05, 3.63) is 114 Å². The van der Waals surface area contributed by atoms with Crippen LogP contribution in [0.1, 0.15) is 11.1 Å². The van der Waals surface area contributed by atoms with Gasteiger partial charge >= 0.3 is 12.4 Å². The second kappa shape index (κ2) is 9.46. The molecule has 4 aromatic rings. The lowest BCUT2D eigenvalue weighted by molar-refractivity contribution is -0.138. The first-order chi connectivity index (χ1) is 16.1. The Morgan fingerprint density at radius 2 is 0.794 bits per heavy atom. The Balaban J connectivity index is 1.70. The van der Waals surface area contributed by atoms with E-state index in [4.69, 9.17) is 4.74 Å². The second-order valence-electron chi connectivity index (χ2n) is 7.24. The van der Waals surface area contributed by atoms with Crippen LogP contribution in [0.15, 0.2) is 118 Å². The summed E-state index contributed by atoms with van der Waals surface area (Å²) in [7, 11) is -0.930.